The minimum Gasteiger partial charge on any atom is -0.488 e. The van der Waals surface area contributed by atoms with Gasteiger partial charge in [-0.3, -0.25) is 4.98 Å². The lowest BCUT2D eigenvalue weighted by Gasteiger charge is -2.10. The van der Waals surface area contributed by atoms with E-state index in [1.54, 1.807) is 18.3 Å². The molecule has 1 heterocycles. The van der Waals surface area contributed by atoms with Crippen LogP contribution in [0.1, 0.15) is 5.56 Å². The number of ether oxygens (including phenoxy) is 1. The van der Waals surface area contributed by atoms with Crippen LogP contribution < -0.4 is 10.5 Å². The molecule has 0 bridgehead atoms. The van der Waals surface area contributed by atoms with Crippen molar-refractivity contribution in [1.29, 1.82) is 0 Å². The molecule has 4 heteroatoms. The molecule has 0 spiro atoms. The molecule has 0 amide bonds. The van der Waals surface area contributed by atoms with E-state index in [4.69, 9.17) is 10.5 Å². The normalized spacial score (nSPS) is 10.7. The third-order valence-electron chi connectivity index (χ3n) is 3.10. The molecule has 2 N–H and O–H groups in total. The summed E-state index contributed by atoms with van der Waals surface area (Å²) in [6, 6.07) is 14.3. The van der Waals surface area contributed by atoms with E-state index < -0.39 is 5.82 Å². The number of nitrogen functional groups attached to an aromatic ring is 1. The molecule has 0 aliphatic carbocycles. The highest BCUT2D eigenvalue weighted by Crippen LogP contribution is 2.25. The number of halogens is 1. The summed E-state index contributed by atoms with van der Waals surface area (Å²) in [5.41, 5.74) is 6.95. The summed E-state index contributed by atoms with van der Waals surface area (Å²) in [7, 11) is 0. The van der Waals surface area contributed by atoms with Gasteiger partial charge in [-0.05, 0) is 30.3 Å². The third-order valence-corrected chi connectivity index (χ3v) is 3.10. The number of nitrogens with two attached hydrogens (primary N) is 1. The van der Waals surface area contributed by atoms with Crippen molar-refractivity contribution in [1.82, 2.24) is 4.98 Å². The van der Waals surface area contributed by atoms with E-state index >= 15 is 0 Å². The summed E-state index contributed by atoms with van der Waals surface area (Å²) in [6.07, 6.45) is 1.73. The maximum atomic E-state index is 13.8. The molecular weight excluding hydrogens is 255 g/mol. The van der Waals surface area contributed by atoms with Gasteiger partial charge in [0.15, 0.2) is 5.82 Å². The molecular formula is C16H13FN2O. The monoisotopic (exact) mass is 268 g/mol. The average Bonchev–Trinajstić information content (AvgIpc) is 2.49. The molecule has 0 saturated heterocycles. The molecule has 0 aliphatic rings. The lowest BCUT2D eigenvalue weighted by atomic mass is 10.2. The number of fused-ring (bicyclic) bond motifs is 1. The Kier molecular flexibility index (Phi) is 3.21. The van der Waals surface area contributed by atoms with Crippen LogP contribution in [0, 0.1) is 5.82 Å². The van der Waals surface area contributed by atoms with Crippen molar-refractivity contribution in [2.45, 2.75) is 6.61 Å². The van der Waals surface area contributed by atoms with Gasteiger partial charge in [0.1, 0.15) is 12.4 Å². The molecule has 3 aromatic rings. The van der Waals surface area contributed by atoms with E-state index in [0.717, 1.165) is 10.9 Å². The van der Waals surface area contributed by atoms with Gasteiger partial charge in [0.2, 0.25) is 0 Å². The molecule has 0 atom stereocenters. The quantitative estimate of drug-likeness (QED) is 0.739. The molecule has 3 rings (SSSR count). The van der Waals surface area contributed by atoms with Gasteiger partial charge in [0.05, 0.1) is 11.2 Å². The Labute approximate surface area is 115 Å². The SMILES string of the molecule is Nc1cccc(COc2cccc3ncccc23)c1F. The smallest absolute Gasteiger partial charge is 0.152 e. The zero-order valence-corrected chi connectivity index (χ0v) is 10.7. The van der Waals surface area contributed by atoms with Gasteiger partial charge in [-0.2, -0.15) is 0 Å². The second-order valence-electron chi connectivity index (χ2n) is 4.44. The number of aromatic nitrogens is 1. The molecule has 1 aromatic heterocycles. The average molecular weight is 268 g/mol. The fourth-order valence-electron chi connectivity index (χ4n) is 2.07. The van der Waals surface area contributed by atoms with Gasteiger partial charge in [0.25, 0.3) is 0 Å². The third kappa shape index (κ3) is 2.28. The molecule has 0 aliphatic heterocycles. The minimum atomic E-state index is -0.425. The molecule has 0 radical (unpaired) electrons. The Morgan fingerprint density at radius 2 is 1.90 bits per heavy atom. The van der Waals surface area contributed by atoms with Gasteiger partial charge in [0, 0.05) is 17.1 Å². The molecule has 100 valence electrons. The van der Waals surface area contributed by atoms with E-state index in [0.29, 0.717) is 11.3 Å². The second kappa shape index (κ2) is 5.17. The minimum absolute atomic E-state index is 0.130. The number of pyridine rings is 1. The highest BCUT2D eigenvalue weighted by molar-refractivity contribution is 5.84. The van der Waals surface area contributed by atoms with E-state index in [-0.39, 0.29) is 12.3 Å². The fourth-order valence-corrected chi connectivity index (χ4v) is 2.07. The Morgan fingerprint density at radius 3 is 2.80 bits per heavy atom. The summed E-state index contributed by atoms with van der Waals surface area (Å²) in [6.45, 7) is 0.130. The van der Waals surface area contributed by atoms with Crippen molar-refractivity contribution in [2.24, 2.45) is 0 Å². The first-order valence-electron chi connectivity index (χ1n) is 6.25. The Morgan fingerprint density at radius 1 is 1.05 bits per heavy atom. The van der Waals surface area contributed by atoms with Crippen molar-refractivity contribution in [3.8, 4) is 5.75 Å². The largest absolute Gasteiger partial charge is 0.488 e. The highest BCUT2D eigenvalue weighted by atomic mass is 19.1. The summed E-state index contributed by atoms with van der Waals surface area (Å²) in [5.74, 6) is 0.253. The molecule has 0 fully saturated rings. The van der Waals surface area contributed by atoms with Crippen molar-refractivity contribution >= 4 is 16.6 Å². The lowest BCUT2D eigenvalue weighted by Crippen LogP contribution is -2.01. The second-order valence-corrected chi connectivity index (χ2v) is 4.44. The molecule has 20 heavy (non-hydrogen) atoms. The fraction of sp³-hybridized carbons (Fsp3) is 0.0625. The van der Waals surface area contributed by atoms with Gasteiger partial charge in [-0.25, -0.2) is 4.39 Å². The van der Waals surface area contributed by atoms with Gasteiger partial charge in [-0.15, -0.1) is 0 Å². The van der Waals surface area contributed by atoms with Gasteiger partial charge in [-0.1, -0.05) is 18.2 Å². The number of rotatable bonds is 3. The van der Waals surface area contributed by atoms with Crippen LogP contribution in [0.3, 0.4) is 0 Å². The van der Waals surface area contributed by atoms with E-state index in [9.17, 15) is 4.39 Å². The predicted octanol–water partition coefficient (Wildman–Crippen LogP) is 3.54. The topological polar surface area (TPSA) is 48.1 Å². The number of nitrogens with zero attached hydrogens (tertiary/aromatic N) is 1. The Bertz CT molecular complexity index is 753. The first-order chi connectivity index (χ1) is 9.75. The predicted molar refractivity (Wildman–Crippen MR) is 76.9 cm³/mol. The maximum absolute atomic E-state index is 13.8. The molecule has 3 nitrogen and oxygen atoms in total. The van der Waals surface area contributed by atoms with Crippen LogP contribution in [-0.4, -0.2) is 4.98 Å². The van der Waals surface area contributed by atoms with E-state index in [1.807, 2.05) is 30.3 Å². The molecule has 2 aromatic carbocycles. The first kappa shape index (κ1) is 12.4. The summed E-state index contributed by atoms with van der Waals surface area (Å²) < 4.78 is 19.5. The van der Waals surface area contributed by atoms with Crippen molar-refractivity contribution < 1.29 is 9.13 Å². The number of hydrogen-bond acceptors (Lipinski definition) is 3. The molecule has 0 saturated carbocycles. The van der Waals surface area contributed by atoms with Crippen LogP contribution in [0.25, 0.3) is 10.9 Å². The van der Waals surface area contributed by atoms with Crippen LogP contribution >= 0.6 is 0 Å². The zero-order chi connectivity index (χ0) is 13.9. The highest BCUT2D eigenvalue weighted by Gasteiger charge is 2.07. The number of hydrogen-bond donors (Lipinski definition) is 1. The van der Waals surface area contributed by atoms with E-state index in [1.165, 1.54) is 6.07 Å². The number of benzene rings is 2. The van der Waals surface area contributed by atoms with Crippen LogP contribution in [-0.2, 0) is 6.61 Å². The maximum Gasteiger partial charge on any atom is 0.152 e. The van der Waals surface area contributed by atoms with Crippen LogP contribution in [0.15, 0.2) is 54.7 Å². The Hall–Kier alpha value is -2.62. The van der Waals surface area contributed by atoms with E-state index in [2.05, 4.69) is 4.98 Å². The zero-order valence-electron chi connectivity index (χ0n) is 10.7. The van der Waals surface area contributed by atoms with Crippen molar-refractivity contribution in [2.75, 3.05) is 5.73 Å². The summed E-state index contributed by atoms with van der Waals surface area (Å²) in [4.78, 5) is 4.25. The summed E-state index contributed by atoms with van der Waals surface area (Å²) in [5, 5.41) is 0.902. The lowest BCUT2D eigenvalue weighted by molar-refractivity contribution is 0.303. The van der Waals surface area contributed by atoms with Crippen molar-refractivity contribution in [3.05, 3.63) is 66.1 Å². The number of anilines is 1. The summed E-state index contributed by atoms with van der Waals surface area (Å²) >= 11 is 0. The van der Waals surface area contributed by atoms with Gasteiger partial charge < -0.3 is 10.5 Å². The standard InChI is InChI=1S/C16H13FN2O/c17-16-11(4-1-6-13(16)18)10-20-15-8-2-7-14-12(15)5-3-9-19-14/h1-9H,10,18H2. The van der Waals surface area contributed by atoms with Crippen LogP contribution in [0.4, 0.5) is 10.1 Å². The Balaban J connectivity index is 1.89. The van der Waals surface area contributed by atoms with Crippen molar-refractivity contribution in [3.63, 3.8) is 0 Å². The van der Waals surface area contributed by atoms with Crippen LogP contribution in [0.2, 0.25) is 0 Å². The van der Waals surface area contributed by atoms with Gasteiger partial charge >= 0.3 is 0 Å². The first-order valence-corrected chi connectivity index (χ1v) is 6.25. The van der Waals surface area contributed by atoms with Crippen LogP contribution in [0.5, 0.6) is 5.75 Å². The molecule has 0 unspecified atom stereocenters.